The van der Waals surface area contributed by atoms with Gasteiger partial charge < -0.3 is 20.1 Å². The van der Waals surface area contributed by atoms with Gasteiger partial charge in [-0.1, -0.05) is 13.0 Å². The van der Waals surface area contributed by atoms with Crippen molar-refractivity contribution in [3.63, 3.8) is 0 Å². The summed E-state index contributed by atoms with van der Waals surface area (Å²) in [7, 11) is 0. The van der Waals surface area contributed by atoms with Gasteiger partial charge in [0, 0.05) is 37.0 Å². The average Bonchev–Trinajstić information content (AvgIpc) is 3.51. The first kappa shape index (κ1) is 26.6. The van der Waals surface area contributed by atoms with Gasteiger partial charge in [-0.15, -0.1) is 11.3 Å². The molecule has 1 fully saturated rings. The van der Waals surface area contributed by atoms with Gasteiger partial charge in [0.2, 0.25) is 5.95 Å². The Kier molecular flexibility index (Phi) is 9.09. The number of nitrogens with zero attached hydrogens (tertiary/aromatic N) is 4. The lowest BCUT2D eigenvalue weighted by Crippen LogP contribution is -2.44. The Bertz CT molecular complexity index is 1240. The van der Waals surface area contributed by atoms with Crippen LogP contribution in [0.3, 0.4) is 0 Å². The van der Waals surface area contributed by atoms with Crippen LogP contribution in [0.15, 0.2) is 47.9 Å². The van der Waals surface area contributed by atoms with Crippen LogP contribution in [0.4, 0.5) is 4.39 Å². The Morgan fingerprint density at radius 2 is 2.16 bits per heavy atom. The maximum absolute atomic E-state index is 14.8. The maximum atomic E-state index is 14.8. The number of halogens is 1. The van der Waals surface area contributed by atoms with E-state index >= 15 is 0 Å². The summed E-state index contributed by atoms with van der Waals surface area (Å²) in [6.07, 6.45) is 7.31. The number of ether oxygens (including phenoxy) is 2. The summed E-state index contributed by atoms with van der Waals surface area (Å²) < 4.78 is 26.8. The molecule has 1 aliphatic carbocycles. The van der Waals surface area contributed by atoms with Crippen LogP contribution in [0.25, 0.3) is 10.6 Å². The molecule has 0 spiro atoms. The number of pyridine rings is 1. The fourth-order valence-electron chi connectivity index (χ4n) is 3.68. The van der Waals surface area contributed by atoms with Gasteiger partial charge >= 0.3 is 0 Å². The van der Waals surface area contributed by atoms with Gasteiger partial charge in [0.25, 0.3) is 5.91 Å². The number of hydrogen-bond donors (Lipinski definition) is 3. The fraction of sp³-hybridized carbons (Fsp3) is 0.400. The summed E-state index contributed by atoms with van der Waals surface area (Å²) in [4.78, 5) is 21.6. The van der Waals surface area contributed by atoms with Gasteiger partial charge in [0.15, 0.2) is 0 Å². The molecule has 3 heterocycles. The Labute approximate surface area is 218 Å². The van der Waals surface area contributed by atoms with Crippen molar-refractivity contribution in [1.82, 2.24) is 30.4 Å². The molecule has 4 rings (SSSR count). The van der Waals surface area contributed by atoms with Crippen LogP contribution < -0.4 is 10.6 Å². The van der Waals surface area contributed by atoms with Crippen LogP contribution in [0.1, 0.15) is 49.3 Å². The number of rotatable bonds is 13. The first-order valence-electron chi connectivity index (χ1n) is 12.1. The van der Waals surface area contributed by atoms with E-state index in [-0.39, 0.29) is 41.5 Å². The Balaban J connectivity index is 1.46. The lowest BCUT2D eigenvalue weighted by Gasteiger charge is -2.35. The van der Waals surface area contributed by atoms with Crippen molar-refractivity contribution < 1.29 is 18.7 Å². The Morgan fingerprint density at radius 1 is 1.32 bits per heavy atom. The van der Waals surface area contributed by atoms with Crippen LogP contribution in [0.5, 0.6) is 0 Å². The molecule has 3 N–H and O–H groups in total. The molecule has 37 heavy (non-hydrogen) atoms. The minimum absolute atomic E-state index is 0.00148. The summed E-state index contributed by atoms with van der Waals surface area (Å²) >= 11 is 1.13. The van der Waals surface area contributed by atoms with Gasteiger partial charge in [-0.25, -0.2) is 9.67 Å². The number of amides is 1. The third kappa shape index (κ3) is 6.64. The molecule has 12 heteroatoms. The molecule has 3 aromatic rings. The van der Waals surface area contributed by atoms with E-state index in [4.69, 9.17) is 14.9 Å². The second kappa shape index (κ2) is 12.7. The maximum Gasteiger partial charge on any atom is 0.275 e. The Morgan fingerprint density at radius 3 is 2.89 bits per heavy atom. The Hall–Kier alpha value is -3.48. The van der Waals surface area contributed by atoms with E-state index in [1.807, 2.05) is 13.8 Å². The molecule has 196 valence electrons. The minimum atomic E-state index is -0.579. The van der Waals surface area contributed by atoms with E-state index < -0.39 is 11.9 Å². The number of carbonyl (C=O) groups is 1. The highest BCUT2D eigenvalue weighted by Crippen LogP contribution is 2.26. The van der Waals surface area contributed by atoms with E-state index in [2.05, 4.69) is 25.7 Å². The van der Waals surface area contributed by atoms with Crippen LogP contribution in [-0.4, -0.2) is 56.7 Å². The summed E-state index contributed by atoms with van der Waals surface area (Å²) in [5, 5.41) is 20.5. The van der Waals surface area contributed by atoms with Crippen molar-refractivity contribution in [3.8, 4) is 10.6 Å². The average molecular weight is 528 g/mol. The van der Waals surface area contributed by atoms with E-state index in [9.17, 15) is 9.18 Å². The molecule has 1 amide bonds. The number of thiazole rings is 1. The molecule has 0 bridgehead atoms. The SMILES string of the molecule is CCCOCn1ncc(-c2nc(C(=O)N/C(=C/NC3CC(OCC)C3)C(=N)c3ccccn3)cs2)c1F. The standard InChI is InChI=1S/C25H30FN7O3S/c1-3-9-35-15-33-23(26)18(12-30-33)25-32-21(14-37-25)24(34)31-20(22(27)19-7-5-6-8-28-19)13-29-16-10-17(11-16)36-4-2/h5-8,12-14,16-17,27,29H,3-4,9-11,15H2,1-2H3,(H,31,34)/b20-13+,27-22?. The van der Waals surface area contributed by atoms with E-state index in [0.717, 1.165) is 35.3 Å². The first-order chi connectivity index (χ1) is 18.0. The number of carbonyl (C=O) groups excluding carboxylic acids is 1. The molecule has 0 aromatic carbocycles. The van der Waals surface area contributed by atoms with E-state index in [1.54, 1.807) is 36.0 Å². The van der Waals surface area contributed by atoms with Crippen LogP contribution in [-0.2, 0) is 16.2 Å². The molecule has 3 aromatic heterocycles. The van der Waals surface area contributed by atoms with Crippen molar-refractivity contribution in [3.05, 3.63) is 65.2 Å². The molecular weight excluding hydrogens is 497 g/mol. The molecule has 0 saturated heterocycles. The largest absolute Gasteiger partial charge is 0.386 e. The van der Waals surface area contributed by atoms with Crippen LogP contribution in [0.2, 0.25) is 0 Å². The molecule has 0 aliphatic heterocycles. The number of allylic oxidation sites excluding steroid dienone is 1. The topological polar surface area (TPSA) is 127 Å². The fourth-order valence-corrected chi connectivity index (χ4v) is 4.48. The lowest BCUT2D eigenvalue weighted by atomic mass is 9.89. The zero-order valence-electron chi connectivity index (χ0n) is 20.7. The minimum Gasteiger partial charge on any atom is -0.386 e. The molecule has 0 unspecified atom stereocenters. The van der Waals surface area contributed by atoms with Crippen molar-refractivity contribution >= 4 is 23.0 Å². The van der Waals surface area contributed by atoms with Crippen molar-refractivity contribution in [2.75, 3.05) is 13.2 Å². The highest BCUT2D eigenvalue weighted by Gasteiger charge is 2.29. The second-order valence-electron chi connectivity index (χ2n) is 8.44. The third-order valence-corrected chi connectivity index (χ3v) is 6.58. The van der Waals surface area contributed by atoms with Gasteiger partial charge in [-0.2, -0.15) is 9.49 Å². The number of hydrogen-bond acceptors (Lipinski definition) is 9. The smallest absolute Gasteiger partial charge is 0.275 e. The number of aromatic nitrogens is 4. The zero-order valence-corrected chi connectivity index (χ0v) is 21.6. The molecule has 0 atom stereocenters. The van der Waals surface area contributed by atoms with Crippen molar-refractivity contribution in [2.24, 2.45) is 0 Å². The predicted octanol–water partition coefficient (Wildman–Crippen LogP) is 3.72. The molecular formula is C25H30FN7O3S. The predicted molar refractivity (Wildman–Crippen MR) is 138 cm³/mol. The van der Waals surface area contributed by atoms with Gasteiger partial charge in [0.05, 0.1) is 29.3 Å². The van der Waals surface area contributed by atoms with Gasteiger partial charge in [-0.05, 0) is 38.3 Å². The monoisotopic (exact) mass is 527 g/mol. The summed E-state index contributed by atoms with van der Waals surface area (Å²) in [5.41, 5.74) is 1.02. The van der Waals surface area contributed by atoms with Gasteiger partial charge in [-0.3, -0.25) is 15.2 Å². The summed E-state index contributed by atoms with van der Waals surface area (Å²) in [6, 6.07) is 5.42. The van der Waals surface area contributed by atoms with Crippen LogP contribution >= 0.6 is 11.3 Å². The first-order valence-corrected chi connectivity index (χ1v) is 13.0. The molecule has 1 aliphatic rings. The summed E-state index contributed by atoms with van der Waals surface area (Å²) in [5.74, 6) is -1.10. The van der Waals surface area contributed by atoms with Crippen LogP contribution in [0, 0.1) is 11.4 Å². The highest BCUT2D eigenvalue weighted by atomic mass is 32.1. The summed E-state index contributed by atoms with van der Waals surface area (Å²) in [6.45, 7) is 5.11. The number of nitrogens with one attached hydrogen (secondary N) is 3. The third-order valence-electron chi connectivity index (χ3n) is 5.70. The quantitative estimate of drug-likeness (QED) is 0.228. The highest BCUT2D eigenvalue weighted by molar-refractivity contribution is 7.13. The normalized spacial score (nSPS) is 17.3. The molecule has 0 radical (unpaired) electrons. The van der Waals surface area contributed by atoms with Crippen molar-refractivity contribution in [2.45, 2.75) is 52.0 Å². The second-order valence-corrected chi connectivity index (χ2v) is 9.30. The lowest BCUT2D eigenvalue weighted by molar-refractivity contribution is -0.00689. The van der Waals surface area contributed by atoms with E-state index in [1.165, 1.54) is 6.20 Å². The zero-order chi connectivity index (χ0) is 26.2. The molecule has 1 saturated carbocycles. The van der Waals surface area contributed by atoms with Crippen molar-refractivity contribution in [1.29, 1.82) is 5.41 Å². The van der Waals surface area contributed by atoms with E-state index in [0.29, 0.717) is 23.9 Å². The molecule has 10 nitrogen and oxygen atoms in total. The van der Waals surface area contributed by atoms with Gasteiger partial charge in [0.1, 0.15) is 23.1 Å².